The van der Waals surface area contributed by atoms with Crippen LogP contribution >= 0.6 is 11.8 Å². The molecule has 1 aliphatic heterocycles. The van der Waals surface area contributed by atoms with Crippen molar-refractivity contribution in [1.29, 1.82) is 0 Å². The summed E-state index contributed by atoms with van der Waals surface area (Å²) in [6.45, 7) is 0.878. The topological polar surface area (TPSA) is 92.7 Å². The predicted octanol–water partition coefficient (Wildman–Crippen LogP) is 1.60. The molecule has 0 aliphatic carbocycles. The Bertz CT molecular complexity index is 584. The van der Waals surface area contributed by atoms with Gasteiger partial charge < -0.3 is 15.2 Å². The maximum atomic E-state index is 11.9. The van der Waals surface area contributed by atoms with Crippen molar-refractivity contribution in [2.45, 2.75) is 12.8 Å². The molecule has 1 fully saturated rings. The minimum atomic E-state index is -0.946. The molecule has 0 atom stereocenters. The van der Waals surface area contributed by atoms with Crippen LogP contribution in [0, 0.1) is 5.41 Å². The van der Waals surface area contributed by atoms with E-state index in [1.807, 2.05) is 6.07 Å². The Morgan fingerprint density at radius 3 is 2.42 bits per heavy atom. The van der Waals surface area contributed by atoms with Crippen molar-refractivity contribution in [2.75, 3.05) is 31.3 Å². The van der Waals surface area contributed by atoms with Gasteiger partial charge in [0.15, 0.2) is 5.78 Å². The average molecular weight is 351 g/mol. The summed E-state index contributed by atoms with van der Waals surface area (Å²) in [7, 11) is 0. The third-order valence-corrected chi connectivity index (χ3v) is 5.02. The summed E-state index contributed by atoms with van der Waals surface area (Å²) in [5.41, 5.74) is -0.323. The van der Waals surface area contributed by atoms with E-state index >= 15 is 0 Å². The highest BCUT2D eigenvalue weighted by Crippen LogP contribution is 2.30. The van der Waals surface area contributed by atoms with Crippen molar-refractivity contribution in [2.24, 2.45) is 5.41 Å². The summed E-state index contributed by atoms with van der Waals surface area (Å²) >= 11 is 1.22. The van der Waals surface area contributed by atoms with Crippen molar-refractivity contribution in [3.8, 4) is 0 Å². The van der Waals surface area contributed by atoms with Crippen LogP contribution in [0.5, 0.6) is 0 Å². The standard InChI is InChI=1S/C17H21NO5S/c19-14(13-4-2-1-3-5-13)10-24-11-15(20)18-12-17(16(21)22)6-8-23-9-7-17/h1-5H,6-12H2,(H,18,20)(H,21,22). The van der Waals surface area contributed by atoms with Crippen LogP contribution in [0.3, 0.4) is 0 Å². The van der Waals surface area contributed by atoms with Crippen molar-refractivity contribution in [3.63, 3.8) is 0 Å². The summed E-state index contributed by atoms with van der Waals surface area (Å²) in [4.78, 5) is 35.3. The van der Waals surface area contributed by atoms with Gasteiger partial charge in [-0.3, -0.25) is 14.4 Å². The van der Waals surface area contributed by atoms with Gasteiger partial charge in [-0.05, 0) is 12.8 Å². The first-order chi connectivity index (χ1) is 11.5. The zero-order valence-electron chi connectivity index (χ0n) is 13.3. The number of ether oxygens (including phenoxy) is 1. The summed E-state index contributed by atoms with van der Waals surface area (Å²) < 4.78 is 5.20. The fourth-order valence-electron chi connectivity index (χ4n) is 2.49. The number of benzene rings is 1. The summed E-state index contributed by atoms with van der Waals surface area (Å²) in [5.74, 6) is -0.842. The third-order valence-electron chi connectivity index (χ3n) is 4.09. The van der Waals surface area contributed by atoms with E-state index in [1.54, 1.807) is 24.3 Å². The molecular weight excluding hydrogens is 330 g/mol. The number of carbonyl (C=O) groups is 3. The number of carbonyl (C=O) groups excluding carboxylic acids is 2. The number of carboxylic acid groups (broad SMARTS) is 1. The van der Waals surface area contributed by atoms with Crippen LogP contribution in [-0.4, -0.2) is 54.0 Å². The van der Waals surface area contributed by atoms with Crippen molar-refractivity contribution in [1.82, 2.24) is 5.32 Å². The van der Waals surface area contributed by atoms with E-state index in [0.717, 1.165) is 0 Å². The molecule has 2 rings (SSSR count). The SMILES string of the molecule is O=C(CSCC(=O)c1ccccc1)NCC1(C(=O)O)CCOCC1. The van der Waals surface area contributed by atoms with Crippen LogP contribution < -0.4 is 5.32 Å². The predicted molar refractivity (Wildman–Crippen MR) is 91.2 cm³/mol. The van der Waals surface area contributed by atoms with Gasteiger partial charge in [-0.25, -0.2) is 0 Å². The van der Waals surface area contributed by atoms with Gasteiger partial charge in [0, 0.05) is 25.3 Å². The Kier molecular flexibility index (Phi) is 6.81. The number of thioether (sulfide) groups is 1. The number of aliphatic carboxylic acids is 1. The van der Waals surface area contributed by atoms with Gasteiger partial charge in [-0.2, -0.15) is 0 Å². The van der Waals surface area contributed by atoms with E-state index in [2.05, 4.69) is 5.32 Å². The number of ketones is 1. The molecule has 1 heterocycles. The van der Waals surface area contributed by atoms with Crippen LogP contribution in [0.4, 0.5) is 0 Å². The Balaban J connectivity index is 1.73. The zero-order chi connectivity index (χ0) is 17.4. The van der Waals surface area contributed by atoms with E-state index in [9.17, 15) is 19.5 Å². The number of hydrogen-bond donors (Lipinski definition) is 2. The molecule has 1 amide bonds. The maximum absolute atomic E-state index is 11.9. The highest BCUT2D eigenvalue weighted by atomic mass is 32.2. The minimum Gasteiger partial charge on any atom is -0.481 e. The van der Waals surface area contributed by atoms with E-state index in [-0.39, 0.29) is 29.7 Å². The second-order valence-electron chi connectivity index (χ2n) is 5.76. The lowest BCUT2D eigenvalue weighted by molar-refractivity contribution is -0.154. The maximum Gasteiger partial charge on any atom is 0.311 e. The van der Waals surface area contributed by atoms with E-state index in [4.69, 9.17) is 4.74 Å². The average Bonchev–Trinajstić information content (AvgIpc) is 2.61. The van der Waals surface area contributed by atoms with Crippen LogP contribution in [0.1, 0.15) is 23.2 Å². The third kappa shape index (κ3) is 5.07. The first-order valence-electron chi connectivity index (χ1n) is 7.77. The monoisotopic (exact) mass is 351 g/mol. The molecule has 2 N–H and O–H groups in total. The van der Waals surface area contributed by atoms with Gasteiger partial charge in [0.25, 0.3) is 0 Å². The van der Waals surface area contributed by atoms with Crippen LogP contribution in [0.25, 0.3) is 0 Å². The minimum absolute atomic E-state index is 0.0279. The molecule has 0 unspecified atom stereocenters. The number of Topliss-reactive ketones (excluding diaryl/α,β-unsaturated/α-hetero) is 1. The zero-order valence-corrected chi connectivity index (χ0v) is 14.1. The summed E-state index contributed by atoms with van der Waals surface area (Å²) in [6.07, 6.45) is 0.782. The molecule has 24 heavy (non-hydrogen) atoms. The molecule has 1 aliphatic rings. The molecule has 0 radical (unpaired) electrons. The molecule has 1 aromatic carbocycles. The second-order valence-corrected chi connectivity index (χ2v) is 6.74. The van der Waals surface area contributed by atoms with E-state index in [0.29, 0.717) is 31.6 Å². The van der Waals surface area contributed by atoms with Gasteiger partial charge in [-0.15, -0.1) is 11.8 Å². The molecule has 1 saturated heterocycles. The molecule has 6 nitrogen and oxygen atoms in total. The normalized spacial score (nSPS) is 16.3. The lowest BCUT2D eigenvalue weighted by Crippen LogP contribution is -2.46. The van der Waals surface area contributed by atoms with E-state index in [1.165, 1.54) is 11.8 Å². The molecule has 0 aromatic heterocycles. The Morgan fingerprint density at radius 2 is 1.79 bits per heavy atom. The highest BCUT2D eigenvalue weighted by molar-refractivity contribution is 8.00. The Morgan fingerprint density at radius 1 is 1.12 bits per heavy atom. The molecular formula is C17H21NO5S. The molecule has 0 bridgehead atoms. The molecule has 7 heteroatoms. The molecule has 0 saturated carbocycles. The lowest BCUT2D eigenvalue weighted by Gasteiger charge is -2.33. The van der Waals surface area contributed by atoms with Crippen molar-refractivity contribution < 1.29 is 24.2 Å². The number of nitrogens with one attached hydrogen (secondary N) is 1. The summed E-state index contributed by atoms with van der Waals surface area (Å²) in [6, 6.07) is 8.91. The first kappa shape index (κ1) is 18.5. The molecule has 1 aromatic rings. The van der Waals surface area contributed by atoms with Crippen LogP contribution in [0.15, 0.2) is 30.3 Å². The van der Waals surface area contributed by atoms with Gasteiger partial charge in [0.2, 0.25) is 5.91 Å². The van der Waals surface area contributed by atoms with Crippen molar-refractivity contribution in [3.05, 3.63) is 35.9 Å². The van der Waals surface area contributed by atoms with Crippen molar-refractivity contribution >= 4 is 29.4 Å². The quantitative estimate of drug-likeness (QED) is 0.691. The van der Waals surface area contributed by atoms with Crippen LogP contribution in [0.2, 0.25) is 0 Å². The number of rotatable bonds is 8. The molecule has 130 valence electrons. The van der Waals surface area contributed by atoms with Gasteiger partial charge in [0.1, 0.15) is 0 Å². The number of amides is 1. The first-order valence-corrected chi connectivity index (χ1v) is 8.93. The smallest absolute Gasteiger partial charge is 0.311 e. The largest absolute Gasteiger partial charge is 0.481 e. The Hall–Kier alpha value is -1.86. The second kappa shape index (κ2) is 8.84. The lowest BCUT2D eigenvalue weighted by atomic mass is 9.80. The van der Waals surface area contributed by atoms with Crippen LogP contribution in [-0.2, 0) is 14.3 Å². The van der Waals surface area contributed by atoms with Gasteiger partial charge in [0.05, 0.1) is 16.9 Å². The number of hydrogen-bond acceptors (Lipinski definition) is 5. The summed E-state index contributed by atoms with van der Waals surface area (Å²) in [5, 5.41) is 12.1. The number of carboxylic acids is 1. The molecule has 0 spiro atoms. The van der Waals surface area contributed by atoms with E-state index < -0.39 is 11.4 Å². The fraction of sp³-hybridized carbons (Fsp3) is 0.471. The highest BCUT2D eigenvalue weighted by Gasteiger charge is 2.40. The fourth-order valence-corrected chi connectivity index (χ4v) is 3.23. The Labute approximate surface area is 145 Å². The van der Waals surface area contributed by atoms with Gasteiger partial charge >= 0.3 is 5.97 Å². The van der Waals surface area contributed by atoms with Gasteiger partial charge in [-0.1, -0.05) is 30.3 Å².